The summed E-state index contributed by atoms with van der Waals surface area (Å²) < 4.78 is 10.9. The van der Waals surface area contributed by atoms with E-state index in [4.69, 9.17) is 9.15 Å². The first-order valence-electron chi connectivity index (χ1n) is 8.41. The average Bonchev–Trinajstić information content (AvgIpc) is 3.26. The number of hydrogen-bond acceptors (Lipinski definition) is 4. The molecule has 1 aliphatic heterocycles. The van der Waals surface area contributed by atoms with Crippen molar-refractivity contribution < 1.29 is 9.15 Å². The second-order valence-electron chi connectivity index (χ2n) is 6.24. The van der Waals surface area contributed by atoms with Crippen molar-refractivity contribution in [3.63, 3.8) is 0 Å². The molecule has 3 rings (SSSR count). The summed E-state index contributed by atoms with van der Waals surface area (Å²) in [5.41, 5.74) is 2.56. The SMILES string of the molecule is COc1ccc([C@@H](C)NCc2ccco2)cc1CN1CCCC1. The lowest BCUT2D eigenvalue weighted by atomic mass is 10.0. The van der Waals surface area contributed by atoms with Gasteiger partial charge in [0, 0.05) is 18.2 Å². The van der Waals surface area contributed by atoms with Crippen LogP contribution in [0.15, 0.2) is 41.0 Å². The van der Waals surface area contributed by atoms with Gasteiger partial charge in [-0.1, -0.05) is 6.07 Å². The molecule has 2 aromatic rings. The van der Waals surface area contributed by atoms with Gasteiger partial charge in [-0.05, 0) is 62.7 Å². The van der Waals surface area contributed by atoms with Gasteiger partial charge in [-0.15, -0.1) is 0 Å². The van der Waals surface area contributed by atoms with Crippen molar-refractivity contribution >= 4 is 0 Å². The monoisotopic (exact) mass is 314 g/mol. The van der Waals surface area contributed by atoms with E-state index >= 15 is 0 Å². The quantitative estimate of drug-likeness (QED) is 0.845. The third-order valence-corrected chi connectivity index (χ3v) is 4.56. The molecule has 23 heavy (non-hydrogen) atoms. The van der Waals surface area contributed by atoms with Crippen molar-refractivity contribution in [2.45, 2.75) is 38.9 Å². The van der Waals surface area contributed by atoms with Crippen molar-refractivity contribution in [2.24, 2.45) is 0 Å². The van der Waals surface area contributed by atoms with Crippen molar-refractivity contribution in [2.75, 3.05) is 20.2 Å². The summed E-state index contributed by atoms with van der Waals surface area (Å²) in [7, 11) is 1.75. The summed E-state index contributed by atoms with van der Waals surface area (Å²) in [5, 5.41) is 3.51. The minimum Gasteiger partial charge on any atom is -0.496 e. The first-order chi connectivity index (χ1) is 11.3. The van der Waals surface area contributed by atoms with Crippen LogP contribution in [0.5, 0.6) is 5.75 Å². The van der Waals surface area contributed by atoms with Gasteiger partial charge in [0.1, 0.15) is 11.5 Å². The Balaban J connectivity index is 1.68. The molecule has 0 radical (unpaired) electrons. The fourth-order valence-electron chi connectivity index (χ4n) is 3.16. The normalized spacial score (nSPS) is 16.6. The molecule has 1 N–H and O–H groups in total. The molecule has 2 heterocycles. The van der Waals surface area contributed by atoms with E-state index in [1.54, 1.807) is 13.4 Å². The highest BCUT2D eigenvalue weighted by molar-refractivity contribution is 5.38. The van der Waals surface area contributed by atoms with Crippen LogP contribution in [0.1, 0.15) is 42.7 Å². The van der Waals surface area contributed by atoms with Crippen LogP contribution in [0.4, 0.5) is 0 Å². The standard InChI is InChI=1S/C19H26N2O2/c1-15(20-13-18-6-5-11-23-18)16-7-8-19(22-2)17(12-16)14-21-9-3-4-10-21/h5-8,11-12,15,20H,3-4,9-10,13-14H2,1-2H3/t15-/m1/s1. The number of furan rings is 1. The number of nitrogens with one attached hydrogen (secondary N) is 1. The highest BCUT2D eigenvalue weighted by Gasteiger charge is 2.16. The predicted molar refractivity (Wildman–Crippen MR) is 91.5 cm³/mol. The number of hydrogen-bond donors (Lipinski definition) is 1. The summed E-state index contributed by atoms with van der Waals surface area (Å²) in [6.07, 6.45) is 4.33. The van der Waals surface area contributed by atoms with Crippen LogP contribution in [0, 0.1) is 0 Å². The number of ether oxygens (including phenoxy) is 1. The van der Waals surface area contributed by atoms with E-state index in [0.29, 0.717) is 0 Å². The third kappa shape index (κ3) is 4.15. The van der Waals surface area contributed by atoms with Crippen molar-refractivity contribution in [3.05, 3.63) is 53.5 Å². The fraction of sp³-hybridized carbons (Fsp3) is 0.474. The van der Waals surface area contributed by atoms with Gasteiger partial charge >= 0.3 is 0 Å². The molecule has 1 saturated heterocycles. The number of nitrogens with zero attached hydrogens (tertiary/aromatic N) is 1. The van der Waals surface area contributed by atoms with Crippen LogP contribution in [0.3, 0.4) is 0 Å². The van der Waals surface area contributed by atoms with E-state index in [9.17, 15) is 0 Å². The molecule has 0 unspecified atom stereocenters. The number of likely N-dealkylation sites (tertiary alicyclic amines) is 1. The Morgan fingerprint density at radius 1 is 1.26 bits per heavy atom. The summed E-state index contributed by atoms with van der Waals surface area (Å²) in [5.74, 6) is 1.95. The molecule has 1 atom stereocenters. The maximum Gasteiger partial charge on any atom is 0.123 e. The second-order valence-corrected chi connectivity index (χ2v) is 6.24. The van der Waals surface area contributed by atoms with Crippen molar-refractivity contribution in [1.29, 1.82) is 0 Å². The van der Waals surface area contributed by atoms with Crippen LogP contribution in [-0.4, -0.2) is 25.1 Å². The van der Waals surface area contributed by atoms with Crippen LogP contribution in [0.2, 0.25) is 0 Å². The lowest BCUT2D eigenvalue weighted by Crippen LogP contribution is -2.20. The maximum atomic E-state index is 5.55. The Kier molecular flexibility index (Phi) is 5.36. The minimum atomic E-state index is 0.267. The van der Waals surface area contributed by atoms with E-state index in [0.717, 1.165) is 24.6 Å². The summed E-state index contributed by atoms with van der Waals surface area (Å²) in [4.78, 5) is 2.50. The molecule has 4 heteroatoms. The number of benzene rings is 1. The zero-order valence-corrected chi connectivity index (χ0v) is 14.0. The Morgan fingerprint density at radius 3 is 2.78 bits per heavy atom. The molecule has 1 aromatic heterocycles. The predicted octanol–water partition coefficient (Wildman–Crippen LogP) is 3.73. The highest BCUT2D eigenvalue weighted by Crippen LogP contribution is 2.26. The highest BCUT2D eigenvalue weighted by atomic mass is 16.5. The van der Waals surface area contributed by atoms with Crippen LogP contribution in [-0.2, 0) is 13.1 Å². The lowest BCUT2D eigenvalue weighted by molar-refractivity contribution is 0.320. The zero-order chi connectivity index (χ0) is 16.1. The Hall–Kier alpha value is -1.78. The molecule has 0 bridgehead atoms. The van der Waals surface area contributed by atoms with E-state index in [2.05, 4.69) is 35.3 Å². The van der Waals surface area contributed by atoms with Crippen molar-refractivity contribution in [3.8, 4) is 5.75 Å². The first kappa shape index (κ1) is 16.1. The molecule has 0 aliphatic carbocycles. The van der Waals surface area contributed by atoms with E-state index in [1.165, 1.54) is 37.1 Å². The first-order valence-corrected chi connectivity index (χ1v) is 8.41. The van der Waals surface area contributed by atoms with Gasteiger partial charge in [0.05, 0.1) is 19.9 Å². The molecule has 0 saturated carbocycles. The van der Waals surface area contributed by atoms with Crippen molar-refractivity contribution in [1.82, 2.24) is 10.2 Å². The number of methoxy groups -OCH3 is 1. The Labute approximate surface area is 138 Å². The average molecular weight is 314 g/mol. The van der Waals surface area contributed by atoms with Gasteiger partial charge in [-0.2, -0.15) is 0 Å². The van der Waals surface area contributed by atoms with Crippen LogP contribution >= 0.6 is 0 Å². The van der Waals surface area contributed by atoms with Gasteiger partial charge in [0.25, 0.3) is 0 Å². The molecule has 124 valence electrons. The fourth-order valence-corrected chi connectivity index (χ4v) is 3.16. The minimum absolute atomic E-state index is 0.267. The van der Waals surface area contributed by atoms with Crippen LogP contribution < -0.4 is 10.1 Å². The smallest absolute Gasteiger partial charge is 0.123 e. The topological polar surface area (TPSA) is 37.6 Å². The Bertz CT molecular complexity index is 604. The third-order valence-electron chi connectivity index (χ3n) is 4.56. The largest absolute Gasteiger partial charge is 0.496 e. The molecular formula is C19H26N2O2. The number of rotatable bonds is 7. The molecule has 1 aliphatic rings. The molecule has 1 fully saturated rings. The van der Waals surface area contributed by atoms with Gasteiger partial charge < -0.3 is 14.5 Å². The van der Waals surface area contributed by atoms with Gasteiger partial charge in [0.15, 0.2) is 0 Å². The van der Waals surface area contributed by atoms with Gasteiger partial charge in [0.2, 0.25) is 0 Å². The van der Waals surface area contributed by atoms with E-state index < -0.39 is 0 Å². The molecule has 1 aromatic carbocycles. The second kappa shape index (κ2) is 7.66. The summed E-state index contributed by atoms with van der Waals surface area (Å²) in [6, 6.07) is 10.7. The molecule has 0 spiro atoms. The summed E-state index contributed by atoms with van der Waals surface area (Å²) in [6.45, 7) is 6.29. The van der Waals surface area contributed by atoms with Crippen LogP contribution in [0.25, 0.3) is 0 Å². The van der Waals surface area contributed by atoms with Gasteiger partial charge in [-0.25, -0.2) is 0 Å². The molecule has 4 nitrogen and oxygen atoms in total. The van der Waals surface area contributed by atoms with Gasteiger partial charge in [-0.3, -0.25) is 4.90 Å². The molecular weight excluding hydrogens is 288 g/mol. The lowest BCUT2D eigenvalue weighted by Gasteiger charge is -2.20. The Morgan fingerprint density at radius 2 is 2.09 bits per heavy atom. The maximum absolute atomic E-state index is 5.55. The summed E-state index contributed by atoms with van der Waals surface area (Å²) >= 11 is 0. The van der Waals surface area contributed by atoms with E-state index in [-0.39, 0.29) is 6.04 Å². The molecule has 0 amide bonds. The zero-order valence-electron chi connectivity index (χ0n) is 14.0. The van der Waals surface area contributed by atoms with E-state index in [1.807, 2.05) is 12.1 Å².